The highest BCUT2D eigenvalue weighted by Crippen LogP contribution is 2.31. The Morgan fingerprint density at radius 1 is 1.09 bits per heavy atom. The second-order valence-electron chi connectivity index (χ2n) is 9.76. The number of ether oxygens (including phenoxy) is 1. The van der Waals surface area contributed by atoms with Crippen LogP contribution in [0.15, 0.2) is 54.9 Å². The standard InChI is InChI=1S/C27H33N5O3/c1-30(25(33)18-35-22-8-6-21(7-9-22)17-31-14-2-3-15-31)19-27(34)11-16-32(20-27)24-10-13-28-23-5-4-12-29-26(23)24/h4-10,12-13,34H,2-3,11,14-20H2,1H3/t27-/m1/s1. The molecule has 1 amide bonds. The number of aliphatic hydroxyl groups is 1. The molecule has 1 aromatic carbocycles. The zero-order valence-electron chi connectivity index (χ0n) is 20.3. The summed E-state index contributed by atoms with van der Waals surface area (Å²) < 4.78 is 5.74. The van der Waals surface area contributed by atoms with Crippen molar-refractivity contribution in [2.45, 2.75) is 31.4 Å². The van der Waals surface area contributed by atoms with Crippen LogP contribution in [0.4, 0.5) is 5.69 Å². The van der Waals surface area contributed by atoms with Crippen LogP contribution in [0.2, 0.25) is 0 Å². The van der Waals surface area contributed by atoms with Crippen molar-refractivity contribution in [3.8, 4) is 5.75 Å². The highest BCUT2D eigenvalue weighted by atomic mass is 16.5. The van der Waals surface area contributed by atoms with E-state index in [1.165, 1.54) is 31.5 Å². The van der Waals surface area contributed by atoms with E-state index in [2.05, 4.69) is 31.9 Å². The lowest BCUT2D eigenvalue weighted by Crippen LogP contribution is -2.47. The Bertz CT molecular complexity index is 1160. The molecular weight excluding hydrogens is 442 g/mol. The summed E-state index contributed by atoms with van der Waals surface area (Å²) in [5, 5.41) is 11.2. The quantitative estimate of drug-likeness (QED) is 0.536. The van der Waals surface area contributed by atoms with Gasteiger partial charge in [-0.3, -0.25) is 19.7 Å². The van der Waals surface area contributed by atoms with Gasteiger partial charge in [0.15, 0.2) is 6.61 Å². The van der Waals surface area contributed by atoms with Gasteiger partial charge < -0.3 is 19.6 Å². The molecule has 8 nitrogen and oxygen atoms in total. The number of aromatic nitrogens is 2. The van der Waals surface area contributed by atoms with Crippen molar-refractivity contribution >= 4 is 22.6 Å². The molecule has 4 heterocycles. The van der Waals surface area contributed by atoms with Crippen LogP contribution in [0, 0.1) is 0 Å². The van der Waals surface area contributed by atoms with E-state index < -0.39 is 5.60 Å². The van der Waals surface area contributed by atoms with Crippen LogP contribution in [0.1, 0.15) is 24.8 Å². The summed E-state index contributed by atoms with van der Waals surface area (Å²) in [5.41, 5.74) is 2.87. The van der Waals surface area contributed by atoms with Gasteiger partial charge in [-0.15, -0.1) is 0 Å². The summed E-state index contributed by atoms with van der Waals surface area (Å²) in [5.74, 6) is 0.522. The lowest BCUT2D eigenvalue weighted by Gasteiger charge is -2.29. The lowest BCUT2D eigenvalue weighted by atomic mass is 10.0. The molecule has 0 aliphatic carbocycles. The zero-order chi connectivity index (χ0) is 24.3. The van der Waals surface area contributed by atoms with Crippen molar-refractivity contribution in [1.29, 1.82) is 0 Å². The van der Waals surface area contributed by atoms with Gasteiger partial charge >= 0.3 is 0 Å². The number of likely N-dealkylation sites (tertiary alicyclic amines) is 1. The fourth-order valence-electron chi connectivity index (χ4n) is 5.09. The average molecular weight is 476 g/mol. The van der Waals surface area contributed by atoms with E-state index in [0.717, 1.165) is 23.3 Å². The number of likely N-dealkylation sites (N-methyl/N-ethyl adjacent to an activating group) is 1. The molecule has 5 rings (SSSR count). The number of nitrogens with zero attached hydrogens (tertiary/aromatic N) is 5. The molecule has 1 atom stereocenters. The molecular formula is C27H33N5O3. The maximum atomic E-state index is 12.7. The molecule has 35 heavy (non-hydrogen) atoms. The van der Waals surface area contributed by atoms with Gasteiger partial charge in [0.25, 0.3) is 5.91 Å². The third-order valence-electron chi connectivity index (χ3n) is 7.00. The number of β-amino-alcohol motifs (C(OH)–C–C–N with tert-alkyl or cyclic N) is 1. The van der Waals surface area contributed by atoms with Crippen molar-refractivity contribution in [1.82, 2.24) is 19.8 Å². The van der Waals surface area contributed by atoms with E-state index in [9.17, 15) is 9.90 Å². The number of rotatable bonds is 8. The van der Waals surface area contributed by atoms with Gasteiger partial charge in [0.1, 0.15) is 16.9 Å². The Hall–Kier alpha value is -3.23. The Morgan fingerprint density at radius 3 is 2.69 bits per heavy atom. The normalized spacial score (nSPS) is 20.5. The van der Waals surface area contributed by atoms with Crippen LogP contribution in [-0.2, 0) is 11.3 Å². The van der Waals surface area contributed by atoms with E-state index in [0.29, 0.717) is 25.3 Å². The molecule has 2 aliphatic heterocycles. The van der Waals surface area contributed by atoms with Crippen LogP contribution in [0.3, 0.4) is 0 Å². The second kappa shape index (κ2) is 10.2. The number of carbonyl (C=O) groups excluding carboxylic acids is 1. The summed E-state index contributed by atoms with van der Waals surface area (Å²) in [6.45, 7) is 4.60. The van der Waals surface area contributed by atoms with Crippen molar-refractivity contribution in [2.24, 2.45) is 0 Å². The largest absolute Gasteiger partial charge is 0.484 e. The molecule has 2 aliphatic rings. The first kappa shape index (κ1) is 23.5. The van der Waals surface area contributed by atoms with E-state index >= 15 is 0 Å². The minimum absolute atomic E-state index is 0.0549. The molecule has 184 valence electrons. The van der Waals surface area contributed by atoms with Crippen molar-refractivity contribution < 1.29 is 14.6 Å². The number of hydrogen-bond acceptors (Lipinski definition) is 7. The molecule has 8 heteroatoms. The summed E-state index contributed by atoms with van der Waals surface area (Å²) in [7, 11) is 1.72. The number of carbonyl (C=O) groups is 1. The number of benzene rings is 1. The van der Waals surface area contributed by atoms with Crippen LogP contribution in [0.25, 0.3) is 11.0 Å². The Balaban J connectivity index is 1.13. The maximum absolute atomic E-state index is 12.7. The first-order valence-electron chi connectivity index (χ1n) is 12.3. The van der Waals surface area contributed by atoms with Crippen LogP contribution >= 0.6 is 0 Å². The molecule has 0 unspecified atom stereocenters. The van der Waals surface area contributed by atoms with Gasteiger partial charge in [-0.2, -0.15) is 0 Å². The molecule has 0 radical (unpaired) electrons. The minimum atomic E-state index is -0.994. The molecule has 0 saturated carbocycles. The number of anilines is 1. The smallest absolute Gasteiger partial charge is 0.260 e. The van der Waals surface area contributed by atoms with Gasteiger partial charge in [-0.05, 0) is 68.2 Å². The Labute approximate surface area is 206 Å². The topological polar surface area (TPSA) is 82.0 Å². The lowest BCUT2D eigenvalue weighted by molar-refractivity contribution is -0.134. The van der Waals surface area contributed by atoms with Gasteiger partial charge in [0.2, 0.25) is 0 Å². The summed E-state index contributed by atoms with van der Waals surface area (Å²) in [6.07, 6.45) is 6.65. The summed E-state index contributed by atoms with van der Waals surface area (Å²) in [4.78, 5) is 27.7. The predicted octanol–water partition coefficient (Wildman–Crippen LogP) is 2.70. The summed E-state index contributed by atoms with van der Waals surface area (Å²) >= 11 is 0. The van der Waals surface area contributed by atoms with Gasteiger partial charge in [0.05, 0.1) is 17.7 Å². The molecule has 2 aromatic heterocycles. The molecule has 2 saturated heterocycles. The van der Waals surface area contributed by atoms with Crippen molar-refractivity contribution in [3.63, 3.8) is 0 Å². The fourth-order valence-corrected chi connectivity index (χ4v) is 5.09. The fraction of sp³-hybridized carbons (Fsp3) is 0.444. The van der Waals surface area contributed by atoms with Crippen molar-refractivity contribution in [2.75, 3.05) is 51.3 Å². The number of amides is 1. The maximum Gasteiger partial charge on any atom is 0.260 e. The molecule has 0 bridgehead atoms. The van der Waals surface area contributed by atoms with E-state index in [1.807, 2.05) is 30.3 Å². The first-order valence-corrected chi connectivity index (χ1v) is 12.3. The predicted molar refractivity (Wildman–Crippen MR) is 135 cm³/mol. The molecule has 1 N–H and O–H groups in total. The van der Waals surface area contributed by atoms with Crippen LogP contribution < -0.4 is 9.64 Å². The number of hydrogen-bond donors (Lipinski definition) is 1. The second-order valence-corrected chi connectivity index (χ2v) is 9.76. The van der Waals surface area contributed by atoms with E-state index in [1.54, 1.807) is 24.3 Å². The van der Waals surface area contributed by atoms with E-state index in [4.69, 9.17) is 4.74 Å². The van der Waals surface area contributed by atoms with Crippen LogP contribution in [-0.4, -0.2) is 82.8 Å². The number of pyridine rings is 2. The highest BCUT2D eigenvalue weighted by molar-refractivity contribution is 5.87. The Morgan fingerprint density at radius 2 is 1.89 bits per heavy atom. The van der Waals surface area contributed by atoms with Gasteiger partial charge in [0, 0.05) is 39.1 Å². The van der Waals surface area contributed by atoms with Crippen LogP contribution in [0.5, 0.6) is 5.75 Å². The molecule has 0 spiro atoms. The highest BCUT2D eigenvalue weighted by Gasteiger charge is 2.38. The minimum Gasteiger partial charge on any atom is -0.484 e. The van der Waals surface area contributed by atoms with Gasteiger partial charge in [-0.1, -0.05) is 12.1 Å². The monoisotopic (exact) mass is 475 g/mol. The summed E-state index contributed by atoms with van der Waals surface area (Å²) in [6, 6.07) is 13.7. The van der Waals surface area contributed by atoms with Crippen molar-refractivity contribution in [3.05, 3.63) is 60.4 Å². The molecule has 2 fully saturated rings. The molecule has 3 aromatic rings. The zero-order valence-corrected chi connectivity index (χ0v) is 20.3. The SMILES string of the molecule is CN(C[C@]1(O)CCN(c2ccnc3cccnc23)C1)C(=O)COc1ccc(CN2CCCC2)cc1. The third-order valence-corrected chi connectivity index (χ3v) is 7.00. The first-order chi connectivity index (χ1) is 17.0. The Kier molecular flexibility index (Phi) is 6.83. The van der Waals surface area contributed by atoms with Gasteiger partial charge in [-0.25, -0.2) is 0 Å². The van der Waals surface area contributed by atoms with E-state index in [-0.39, 0.29) is 19.1 Å². The third kappa shape index (κ3) is 5.55. The average Bonchev–Trinajstić information content (AvgIpc) is 3.52. The number of fused-ring (bicyclic) bond motifs is 1.